The van der Waals surface area contributed by atoms with Crippen LogP contribution in [-0.4, -0.2) is 58.1 Å². The highest BCUT2D eigenvalue weighted by atomic mass is 16.6. The van der Waals surface area contributed by atoms with Crippen LogP contribution in [0, 0.1) is 16.2 Å². The van der Waals surface area contributed by atoms with Crippen molar-refractivity contribution < 1.29 is 43.6 Å². The molecule has 3 aliphatic heterocycles. The number of anilines is 1. The van der Waals surface area contributed by atoms with Crippen LogP contribution >= 0.6 is 0 Å². The molecule has 3 saturated heterocycles. The fraction of sp³-hybridized carbons (Fsp3) is 0.429. The van der Waals surface area contributed by atoms with Crippen LogP contribution in [0.25, 0.3) is 0 Å². The van der Waals surface area contributed by atoms with E-state index >= 15 is 0 Å². The first-order chi connectivity index (χ1) is 17.9. The van der Waals surface area contributed by atoms with Gasteiger partial charge in [0.05, 0.1) is 17.6 Å². The van der Waals surface area contributed by atoms with E-state index in [0.717, 1.165) is 0 Å². The van der Waals surface area contributed by atoms with Gasteiger partial charge in [-0.1, -0.05) is 39.0 Å². The number of benzene rings is 2. The number of nitrogens with zero attached hydrogens (tertiary/aromatic N) is 1. The van der Waals surface area contributed by atoms with Crippen molar-refractivity contribution in [3.8, 4) is 5.75 Å². The largest absolute Gasteiger partial charge is 0.508 e. The summed E-state index contributed by atoms with van der Waals surface area (Å²) in [4.78, 5) is 55.2. The predicted octanol–water partition coefficient (Wildman–Crippen LogP) is 2.32. The van der Waals surface area contributed by atoms with Crippen molar-refractivity contribution in [2.24, 2.45) is 16.2 Å². The third-order valence-electron chi connectivity index (χ3n) is 8.84. The SMILES string of the molecule is CC(C)(C)[C@]1(O)C[C@@H]2OC(=O)C[C@@]23C(=O)O[C@@H]2N(c4ccc(O)cc4)C(=O)[C@H](OC(=O)c4ccccc4)C213. The molecule has 2 aromatic carbocycles. The monoisotopic (exact) mass is 521 g/mol. The molecule has 1 saturated carbocycles. The maximum Gasteiger partial charge on any atom is 0.338 e. The number of phenolic OH excluding ortho intramolecular Hbond substituents is 1. The van der Waals surface area contributed by atoms with Gasteiger partial charge in [-0.05, 0) is 41.8 Å². The fourth-order valence-corrected chi connectivity index (χ4v) is 7.14. The summed E-state index contributed by atoms with van der Waals surface area (Å²) >= 11 is 0. The number of ether oxygens (including phenoxy) is 3. The van der Waals surface area contributed by atoms with E-state index in [4.69, 9.17) is 14.2 Å². The summed E-state index contributed by atoms with van der Waals surface area (Å²) in [7, 11) is 0. The van der Waals surface area contributed by atoms with Gasteiger partial charge >= 0.3 is 17.9 Å². The van der Waals surface area contributed by atoms with Crippen molar-refractivity contribution in [1.29, 1.82) is 0 Å². The van der Waals surface area contributed by atoms with Crippen molar-refractivity contribution in [2.75, 3.05) is 4.90 Å². The van der Waals surface area contributed by atoms with Gasteiger partial charge in [0.2, 0.25) is 0 Å². The first kappa shape index (κ1) is 24.4. The molecular formula is C28H27NO9. The third kappa shape index (κ3) is 2.70. The van der Waals surface area contributed by atoms with E-state index in [9.17, 15) is 29.4 Å². The summed E-state index contributed by atoms with van der Waals surface area (Å²) in [6, 6.07) is 13.7. The van der Waals surface area contributed by atoms with Crippen LogP contribution in [0.15, 0.2) is 54.6 Å². The molecule has 198 valence electrons. The molecule has 2 spiro atoms. The quantitative estimate of drug-likeness (QED) is 0.460. The molecule has 6 rings (SSSR count). The van der Waals surface area contributed by atoms with Gasteiger partial charge in [-0.15, -0.1) is 0 Å². The molecule has 10 nitrogen and oxygen atoms in total. The number of amides is 1. The second-order valence-electron chi connectivity index (χ2n) is 11.4. The number of rotatable bonds is 3. The second-order valence-corrected chi connectivity index (χ2v) is 11.4. The molecule has 10 heteroatoms. The summed E-state index contributed by atoms with van der Waals surface area (Å²) in [6.07, 6.45) is -4.76. The molecule has 1 unspecified atom stereocenters. The zero-order valence-corrected chi connectivity index (χ0v) is 21.0. The Morgan fingerprint density at radius 2 is 1.68 bits per heavy atom. The summed E-state index contributed by atoms with van der Waals surface area (Å²) in [5.41, 5.74) is -6.06. The molecule has 1 aliphatic carbocycles. The normalized spacial score (nSPS) is 35.4. The highest BCUT2D eigenvalue weighted by Gasteiger charge is 2.93. The van der Waals surface area contributed by atoms with E-state index in [1.807, 2.05) is 0 Å². The van der Waals surface area contributed by atoms with E-state index in [1.165, 1.54) is 41.3 Å². The Morgan fingerprint density at radius 3 is 2.32 bits per heavy atom. The Labute approximate surface area is 218 Å². The number of carbonyl (C=O) groups excluding carboxylic acids is 4. The maximum absolute atomic E-state index is 14.3. The molecule has 4 fully saturated rings. The molecule has 6 atom stereocenters. The predicted molar refractivity (Wildman–Crippen MR) is 130 cm³/mol. The summed E-state index contributed by atoms with van der Waals surface area (Å²) in [5, 5.41) is 22.4. The van der Waals surface area contributed by atoms with Gasteiger partial charge < -0.3 is 24.4 Å². The topological polar surface area (TPSA) is 140 Å². The van der Waals surface area contributed by atoms with Crippen molar-refractivity contribution in [3.05, 3.63) is 60.2 Å². The molecular weight excluding hydrogens is 494 g/mol. The van der Waals surface area contributed by atoms with Gasteiger partial charge in [-0.2, -0.15) is 0 Å². The number of carbonyl (C=O) groups is 4. The van der Waals surface area contributed by atoms with Crippen LogP contribution in [-0.2, 0) is 28.6 Å². The van der Waals surface area contributed by atoms with Gasteiger partial charge in [0.1, 0.15) is 22.7 Å². The molecule has 2 N–H and O–H groups in total. The minimum Gasteiger partial charge on any atom is -0.508 e. The summed E-state index contributed by atoms with van der Waals surface area (Å²) < 4.78 is 17.4. The maximum atomic E-state index is 14.3. The molecule has 0 aromatic heterocycles. The summed E-state index contributed by atoms with van der Waals surface area (Å²) in [5.74, 6) is -3.06. The molecule has 4 aliphatic rings. The van der Waals surface area contributed by atoms with Crippen molar-refractivity contribution in [3.63, 3.8) is 0 Å². The van der Waals surface area contributed by atoms with Crippen molar-refractivity contribution in [1.82, 2.24) is 0 Å². The lowest BCUT2D eigenvalue weighted by Gasteiger charge is -2.51. The smallest absolute Gasteiger partial charge is 0.338 e. The number of aliphatic hydroxyl groups is 1. The van der Waals surface area contributed by atoms with Gasteiger partial charge in [0.25, 0.3) is 5.91 Å². The Morgan fingerprint density at radius 1 is 1.03 bits per heavy atom. The Hall–Kier alpha value is -3.92. The lowest BCUT2D eigenvalue weighted by atomic mass is 9.52. The molecule has 1 amide bonds. The highest BCUT2D eigenvalue weighted by molar-refractivity contribution is 6.07. The van der Waals surface area contributed by atoms with Gasteiger partial charge in [-0.3, -0.25) is 19.3 Å². The number of aromatic hydroxyl groups is 1. The number of hydrogen-bond donors (Lipinski definition) is 2. The van der Waals surface area contributed by atoms with Crippen LogP contribution in [0.5, 0.6) is 5.75 Å². The molecule has 2 aromatic rings. The van der Waals surface area contributed by atoms with Gasteiger partial charge in [-0.25, -0.2) is 4.79 Å². The van der Waals surface area contributed by atoms with E-state index in [-0.39, 0.29) is 23.4 Å². The Kier molecular flexibility index (Phi) is 4.86. The lowest BCUT2D eigenvalue weighted by Crippen LogP contribution is -2.66. The van der Waals surface area contributed by atoms with E-state index in [2.05, 4.69) is 0 Å². The van der Waals surface area contributed by atoms with Crippen LogP contribution < -0.4 is 4.90 Å². The first-order valence-electron chi connectivity index (χ1n) is 12.4. The van der Waals surface area contributed by atoms with Crippen LogP contribution in [0.4, 0.5) is 5.69 Å². The van der Waals surface area contributed by atoms with Crippen LogP contribution in [0.2, 0.25) is 0 Å². The van der Waals surface area contributed by atoms with Crippen LogP contribution in [0.3, 0.4) is 0 Å². The zero-order chi connectivity index (χ0) is 27.3. The lowest BCUT2D eigenvalue weighted by molar-refractivity contribution is -0.204. The van der Waals surface area contributed by atoms with Gasteiger partial charge in [0.15, 0.2) is 12.3 Å². The molecule has 0 bridgehead atoms. The Bertz CT molecular complexity index is 1370. The van der Waals surface area contributed by atoms with Crippen molar-refractivity contribution >= 4 is 29.5 Å². The summed E-state index contributed by atoms with van der Waals surface area (Å²) in [6.45, 7) is 5.26. The van der Waals surface area contributed by atoms with Crippen LogP contribution in [0.1, 0.15) is 44.0 Å². The number of hydrogen-bond acceptors (Lipinski definition) is 9. The standard InChI is InChI=1S/C28H27NO9/c1-25(2,3)27(35)13-18-26(14-19(31)36-18)24(34)38-23-28(26,27)20(37-22(33)15-7-5-4-6-8-15)21(32)29(23)16-9-11-17(30)12-10-16/h4-12,18,20,23,30,35H,13-14H2,1-3H3/t18-,20-,23-,26-,27+,28?/m0/s1. The fourth-order valence-electron chi connectivity index (χ4n) is 7.14. The highest BCUT2D eigenvalue weighted by Crippen LogP contribution is 2.76. The number of esters is 3. The van der Waals surface area contributed by atoms with Crippen molar-refractivity contribution in [2.45, 2.75) is 57.6 Å². The minimum absolute atomic E-state index is 0.0519. The minimum atomic E-state index is -1.88. The number of phenols is 1. The molecule has 38 heavy (non-hydrogen) atoms. The van der Waals surface area contributed by atoms with E-state index < -0.39 is 70.5 Å². The average Bonchev–Trinajstić information content (AvgIpc) is 3.47. The second kappa shape index (κ2) is 7.57. The Balaban J connectivity index is 1.62. The average molecular weight is 522 g/mol. The van der Waals surface area contributed by atoms with Gasteiger partial charge in [0, 0.05) is 12.1 Å². The molecule has 3 heterocycles. The zero-order valence-electron chi connectivity index (χ0n) is 21.0. The van der Waals surface area contributed by atoms with E-state index in [0.29, 0.717) is 0 Å². The first-order valence-corrected chi connectivity index (χ1v) is 12.4. The molecule has 0 radical (unpaired) electrons. The van der Waals surface area contributed by atoms with E-state index in [1.54, 1.807) is 39.0 Å². The third-order valence-corrected chi connectivity index (χ3v) is 8.84.